The summed E-state index contributed by atoms with van der Waals surface area (Å²) in [6, 6.07) is 0. The van der Waals surface area contributed by atoms with Gasteiger partial charge in [0.1, 0.15) is 0 Å². The lowest BCUT2D eigenvalue weighted by molar-refractivity contribution is -0.125. The Hall–Kier alpha value is -0.790. The molecule has 0 saturated heterocycles. The molecule has 0 aliphatic rings. The third-order valence-electron chi connectivity index (χ3n) is 4.10. The van der Waals surface area contributed by atoms with Crippen molar-refractivity contribution in [3.63, 3.8) is 0 Å². The first kappa shape index (κ1) is 20.2. The van der Waals surface area contributed by atoms with Gasteiger partial charge in [0, 0.05) is 12.5 Å². The Morgan fingerprint density at radius 2 is 1.38 bits per heavy atom. The molecule has 2 heteroatoms. The molecule has 0 heterocycles. The minimum absolute atomic E-state index is 0.215. The summed E-state index contributed by atoms with van der Waals surface area (Å²) < 4.78 is 0. The molecule has 0 aliphatic carbocycles. The Balaban J connectivity index is 3.86. The summed E-state index contributed by atoms with van der Waals surface area (Å²) in [5, 5.41) is 2.97. The van der Waals surface area contributed by atoms with Crippen LogP contribution in [0.4, 0.5) is 0 Å². The number of amides is 1. The zero-order chi connectivity index (χ0) is 15.8. The van der Waals surface area contributed by atoms with Gasteiger partial charge in [-0.25, -0.2) is 0 Å². The van der Waals surface area contributed by atoms with E-state index >= 15 is 0 Å². The number of carbonyl (C=O) groups is 1. The Morgan fingerprint density at radius 3 is 1.95 bits per heavy atom. The second-order valence-corrected chi connectivity index (χ2v) is 6.14. The van der Waals surface area contributed by atoms with E-state index in [0.29, 0.717) is 6.54 Å². The molecule has 0 unspecified atom stereocenters. The largest absolute Gasteiger partial charge is 0.352 e. The first-order chi connectivity index (χ1) is 10.3. The SMILES string of the molecule is C=CCNC(=O)[C@@H](CCCCC)CCCCCCCCC. The van der Waals surface area contributed by atoms with Gasteiger partial charge in [0.2, 0.25) is 5.91 Å². The first-order valence-electron chi connectivity index (χ1n) is 9.14. The predicted octanol–water partition coefficient (Wildman–Crippen LogP) is 5.63. The molecular formula is C19H37NO. The topological polar surface area (TPSA) is 29.1 Å². The third-order valence-corrected chi connectivity index (χ3v) is 4.10. The normalized spacial score (nSPS) is 12.1. The van der Waals surface area contributed by atoms with Crippen molar-refractivity contribution in [1.82, 2.24) is 5.32 Å². The van der Waals surface area contributed by atoms with Gasteiger partial charge >= 0.3 is 0 Å². The Labute approximate surface area is 132 Å². The monoisotopic (exact) mass is 295 g/mol. The first-order valence-corrected chi connectivity index (χ1v) is 9.14. The fraction of sp³-hybridized carbons (Fsp3) is 0.842. The number of hydrogen-bond donors (Lipinski definition) is 1. The van der Waals surface area contributed by atoms with E-state index in [4.69, 9.17) is 0 Å². The molecular weight excluding hydrogens is 258 g/mol. The maximum Gasteiger partial charge on any atom is 0.223 e. The molecule has 0 rings (SSSR count). The van der Waals surface area contributed by atoms with Gasteiger partial charge in [0.15, 0.2) is 0 Å². The molecule has 0 radical (unpaired) electrons. The number of carbonyl (C=O) groups excluding carboxylic acids is 1. The Kier molecular flexibility index (Phi) is 15.0. The van der Waals surface area contributed by atoms with Gasteiger partial charge in [-0.3, -0.25) is 4.79 Å². The van der Waals surface area contributed by atoms with E-state index in [-0.39, 0.29) is 11.8 Å². The highest BCUT2D eigenvalue weighted by Crippen LogP contribution is 2.18. The summed E-state index contributed by atoms with van der Waals surface area (Å²) in [6.07, 6.45) is 16.7. The molecule has 0 aromatic rings. The van der Waals surface area contributed by atoms with Gasteiger partial charge in [-0.15, -0.1) is 6.58 Å². The van der Waals surface area contributed by atoms with Gasteiger partial charge in [-0.1, -0.05) is 84.1 Å². The summed E-state index contributed by atoms with van der Waals surface area (Å²) in [5.41, 5.74) is 0. The Morgan fingerprint density at radius 1 is 0.905 bits per heavy atom. The van der Waals surface area contributed by atoms with Crippen LogP contribution in [-0.2, 0) is 4.79 Å². The number of nitrogens with one attached hydrogen (secondary N) is 1. The van der Waals surface area contributed by atoms with Crippen LogP contribution >= 0.6 is 0 Å². The van der Waals surface area contributed by atoms with E-state index in [1.54, 1.807) is 6.08 Å². The molecule has 1 N–H and O–H groups in total. The fourth-order valence-electron chi connectivity index (χ4n) is 2.71. The second-order valence-electron chi connectivity index (χ2n) is 6.14. The van der Waals surface area contributed by atoms with Crippen LogP contribution in [0.1, 0.15) is 90.9 Å². The van der Waals surface area contributed by atoms with Crippen LogP contribution in [0.2, 0.25) is 0 Å². The van der Waals surface area contributed by atoms with Crippen molar-refractivity contribution in [2.24, 2.45) is 5.92 Å². The maximum atomic E-state index is 12.1. The third kappa shape index (κ3) is 12.6. The van der Waals surface area contributed by atoms with E-state index in [1.807, 2.05) is 0 Å². The minimum Gasteiger partial charge on any atom is -0.352 e. The predicted molar refractivity (Wildman–Crippen MR) is 93.4 cm³/mol. The number of hydrogen-bond acceptors (Lipinski definition) is 1. The molecule has 0 bridgehead atoms. The summed E-state index contributed by atoms with van der Waals surface area (Å²) in [6.45, 7) is 8.73. The Bertz CT molecular complexity index is 250. The van der Waals surface area contributed by atoms with Crippen LogP contribution in [0, 0.1) is 5.92 Å². The molecule has 0 aromatic heterocycles. The summed E-state index contributed by atoms with van der Waals surface area (Å²) >= 11 is 0. The molecule has 0 spiro atoms. The quantitative estimate of drug-likeness (QED) is 0.308. The van der Waals surface area contributed by atoms with Crippen LogP contribution in [-0.4, -0.2) is 12.5 Å². The lowest BCUT2D eigenvalue weighted by Gasteiger charge is -2.16. The minimum atomic E-state index is 0.215. The standard InChI is InChI=1S/C19H37NO/c1-4-7-9-10-11-12-14-16-18(15-13-8-5-2)19(21)20-17-6-3/h6,18H,3-5,7-17H2,1-2H3,(H,20,21)/t18-/m0/s1. The van der Waals surface area contributed by atoms with E-state index in [9.17, 15) is 4.79 Å². The van der Waals surface area contributed by atoms with Crippen molar-refractivity contribution in [1.29, 1.82) is 0 Å². The number of rotatable bonds is 15. The lowest BCUT2D eigenvalue weighted by atomic mass is 9.93. The summed E-state index contributed by atoms with van der Waals surface area (Å²) in [7, 11) is 0. The molecule has 0 saturated carbocycles. The molecule has 0 aromatic carbocycles. The summed E-state index contributed by atoms with van der Waals surface area (Å²) in [4.78, 5) is 12.1. The molecule has 0 aliphatic heterocycles. The fourth-order valence-corrected chi connectivity index (χ4v) is 2.71. The maximum absolute atomic E-state index is 12.1. The van der Waals surface area contributed by atoms with E-state index < -0.39 is 0 Å². The highest BCUT2D eigenvalue weighted by molar-refractivity contribution is 5.78. The zero-order valence-corrected chi connectivity index (χ0v) is 14.5. The smallest absolute Gasteiger partial charge is 0.223 e. The average molecular weight is 296 g/mol. The summed E-state index contributed by atoms with van der Waals surface area (Å²) in [5.74, 6) is 0.448. The van der Waals surface area contributed by atoms with Crippen LogP contribution in [0.15, 0.2) is 12.7 Å². The van der Waals surface area contributed by atoms with E-state index in [0.717, 1.165) is 12.8 Å². The van der Waals surface area contributed by atoms with Crippen LogP contribution in [0.25, 0.3) is 0 Å². The van der Waals surface area contributed by atoms with E-state index in [1.165, 1.54) is 64.2 Å². The molecule has 1 atom stereocenters. The molecule has 0 fully saturated rings. The van der Waals surface area contributed by atoms with Gasteiger partial charge in [-0.2, -0.15) is 0 Å². The van der Waals surface area contributed by atoms with Crippen molar-refractivity contribution in [3.8, 4) is 0 Å². The zero-order valence-electron chi connectivity index (χ0n) is 14.5. The number of unbranched alkanes of at least 4 members (excludes halogenated alkanes) is 8. The van der Waals surface area contributed by atoms with Gasteiger partial charge in [0.05, 0.1) is 0 Å². The molecule has 124 valence electrons. The van der Waals surface area contributed by atoms with Gasteiger partial charge < -0.3 is 5.32 Å². The highest BCUT2D eigenvalue weighted by atomic mass is 16.1. The average Bonchev–Trinajstić information content (AvgIpc) is 2.50. The highest BCUT2D eigenvalue weighted by Gasteiger charge is 2.16. The van der Waals surface area contributed by atoms with Crippen molar-refractivity contribution >= 4 is 5.91 Å². The van der Waals surface area contributed by atoms with Crippen molar-refractivity contribution in [3.05, 3.63) is 12.7 Å². The van der Waals surface area contributed by atoms with Crippen molar-refractivity contribution < 1.29 is 4.79 Å². The van der Waals surface area contributed by atoms with Crippen LogP contribution < -0.4 is 5.32 Å². The van der Waals surface area contributed by atoms with Crippen LogP contribution in [0.5, 0.6) is 0 Å². The van der Waals surface area contributed by atoms with Gasteiger partial charge in [-0.05, 0) is 12.8 Å². The molecule has 1 amide bonds. The van der Waals surface area contributed by atoms with Crippen molar-refractivity contribution in [2.45, 2.75) is 90.9 Å². The van der Waals surface area contributed by atoms with Gasteiger partial charge in [0.25, 0.3) is 0 Å². The molecule has 2 nitrogen and oxygen atoms in total. The van der Waals surface area contributed by atoms with Crippen LogP contribution in [0.3, 0.4) is 0 Å². The lowest BCUT2D eigenvalue weighted by Crippen LogP contribution is -2.30. The molecule has 21 heavy (non-hydrogen) atoms. The van der Waals surface area contributed by atoms with Crippen molar-refractivity contribution in [2.75, 3.05) is 6.54 Å². The second kappa shape index (κ2) is 15.6. The van der Waals surface area contributed by atoms with E-state index in [2.05, 4.69) is 25.7 Å².